The van der Waals surface area contributed by atoms with Gasteiger partial charge in [0, 0.05) is 31.4 Å². The molecule has 1 aromatic heterocycles. The first-order chi connectivity index (χ1) is 14.6. The number of thioether (sulfide) groups is 1. The molecular formula is C16H18N6O7S2. The highest BCUT2D eigenvalue weighted by Crippen LogP contribution is 2.43. The van der Waals surface area contributed by atoms with Gasteiger partial charge in [-0.25, -0.2) is 14.6 Å². The number of nitrogens with one attached hydrogen (secondary N) is 1. The van der Waals surface area contributed by atoms with Crippen LogP contribution in [0.3, 0.4) is 0 Å². The van der Waals surface area contributed by atoms with Gasteiger partial charge in [0.05, 0.1) is 0 Å². The fourth-order valence-corrected chi connectivity index (χ4v) is 4.79. The fourth-order valence-electron chi connectivity index (χ4n) is 2.89. The summed E-state index contributed by atoms with van der Waals surface area (Å²) in [4.78, 5) is 55.2. The van der Waals surface area contributed by atoms with Crippen molar-refractivity contribution in [3.63, 3.8) is 0 Å². The van der Waals surface area contributed by atoms with E-state index < -0.39 is 40.5 Å². The van der Waals surface area contributed by atoms with Gasteiger partial charge in [-0.2, -0.15) is 0 Å². The van der Waals surface area contributed by atoms with Gasteiger partial charge in [-0.3, -0.25) is 9.59 Å². The van der Waals surface area contributed by atoms with Gasteiger partial charge in [-0.15, -0.1) is 23.1 Å². The highest BCUT2D eigenvalue weighted by Gasteiger charge is 2.68. The van der Waals surface area contributed by atoms with Gasteiger partial charge < -0.3 is 35.9 Å². The van der Waals surface area contributed by atoms with Crippen LogP contribution >= 0.6 is 23.1 Å². The smallest absolute Gasteiger partial charge is 0.409 e. The minimum atomic E-state index is -2.26. The zero-order valence-corrected chi connectivity index (χ0v) is 17.9. The number of thiazole rings is 1. The van der Waals surface area contributed by atoms with Crippen LogP contribution in [-0.2, 0) is 19.1 Å². The van der Waals surface area contributed by atoms with E-state index in [4.69, 9.17) is 10.5 Å². The van der Waals surface area contributed by atoms with E-state index in [1.807, 2.05) is 0 Å². The number of ether oxygens (including phenoxy) is 1. The Morgan fingerprint density at radius 3 is 2.74 bits per heavy atom. The summed E-state index contributed by atoms with van der Waals surface area (Å²) < 4.78 is 5.07. The molecule has 1 unspecified atom stereocenters. The number of hydrogen-bond acceptors (Lipinski definition) is 11. The molecule has 15 heteroatoms. The van der Waals surface area contributed by atoms with Gasteiger partial charge in [0.1, 0.15) is 17.7 Å². The van der Waals surface area contributed by atoms with Crippen molar-refractivity contribution in [2.24, 2.45) is 5.16 Å². The number of amides is 3. The number of aromatic nitrogens is 1. The molecule has 3 heterocycles. The molecule has 166 valence electrons. The van der Waals surface area contributed by atoms with Crippen LogP contribution < -0.4 is 11.1 Å². The Bertz CT molecular complexity index is 1010. The first kappa shape index (κ1) is 22.4. The third kappa shape index (κ3) is 3.88. The molecule has 1 aromatic rings. The number of oxime groups is 1. The minimum Gasteiger partial charge on any atom is -0.479 e. The van der Waals surface area contributed by atoms with Gasteiger partial charge in [0.15, 0.2) is 10.8 Å². The summed E-state index contributed by atoms with van der Waals surface area (Å²) in [5.74, 6) is -3.29. The van der Waals surface area contributed by atoms with Gasteiger partial charge in [-0.05, 0) is 5.57 Å². The quantitative estimate of drug-likeness (QED) is 0.137. The Hall–Kier alpha value is -3.33. The number of aliphatic carboxylic acids is 1. The number of carbonyl (C=O) groups excluding carboxylic acids is 3. The summed E-state index contributed by atoms with van der Waals surface area (Å²) in [6.45, 7) is -0.0699. The molecule has 3 rings (SSSR count). The van der Waals surface area contributed by atoms with Crippen LogP contribution in [0, 0.1) is 0 Å². The van der Waals surface area contributed by atoms with E-state index in [-0.39, 0.29) is 23.2 Å². The van der Waals surface area contributed by atoms with Crippen molar-refractivity contribution in [2.75, 3.05) is 32.2 Å². The molecule has 0 bridgehead atoms. The van der Waals surface area contributed by atoms with Gasteiger partial charge >= 0.3 is 12.1 Å². The van der Waals surface area contributed by atoms with Crippen LogP contribution in [0.1, 0.15) is 5.69 Å². The van der Waals surface area contributed by atoms with E-state index in [9.17, 15) is 29.5 Å². The second-order valence-electron chi connectivity index (χ2n) is 6.70. The molecule has 1 saturated heterocycles. The summed E-state index contributed by atoms with van der Waals surface area (Å²) in [5, 5.41) is 24.5. The highest BCUT2D eigenvalue weighted by molar-refractivity contribution is 8.00. The number of fused-ring (bicyclic) bond motifs is 1. The first-order valence-corrected chi connectivity index (χ1v) is 10.5. The molecule has 0 radical (unpaired) electrons. The van der Waals surface area contributed by atoms with Crippen molar-refractivity contribution in [3.05, 3.63) is 22.8 Å². The third-order valence-electron chi connectivity index (χ3n) is 4.42. The molecule has 1 fully saturated rings. The number of rotatable bonds is 6. The molecular weight excluding hydrogens is 452 g/mol. The van der Waals surface area contributed by atoms with Crippen LogP contribution in [0.5, 0.6) is 0 Å². The average molecular weight is 470 g/mol. The lowest BCUT2D eigenvalue weighted by Gasteiger charge is -2.53. The van der Waals surface area contributed by atoms with Crippen molar-refractivity contribution in [1.82, 2.24) is 20.1 Å². The lowest BCUT2D eigenvalue weighted by atomic mass is 9.87. The van der Waals surface area contributed by atoms with Gasteiger partial charge in [0.2, 0.25) is 5.54 Å². The molecule has 31 heavy (non-hydrogen) atoms. The van der Waals surface area contributed by atoms with Crippen molar-refractivity contribution >= 4 is 57.8 Å². The number of carbonyl (C=O) groups is 4. The zero-order chi connectivity index (χ0) is 22.9. The molecule has 0 spiro atoms. The van der Waals surface area contributed by atoms with E-state index in [0.29, 0.717) is 5.57 Å². The van der Waals surface area contributed by atoms with E-state index in [1.54, 1.807) is 0 Å². The lowest BCUT2D eigenvalue weighted by molar-refractivity contribution is -0.169. The lowest BCUT2D eigenvalue weighted by Crippen LogP contribution is -2.82. The summed E-state index contributed by atoms with van der Waals surface area (Å²) in [5.41, 5.74) is 3.19. The summed E-state index contributed by atoms with van der Waals surface area (Å²) in [6, 6.07) is 0. The van der Waals surface area contributed by atoms with E-state index in [1.165, 1.54) is 30.6 Å². The summed E-state index contributed by atoms with van der Waals surface area (Å²) >= 11 is 2.07. The van der Waals surface area contributed by atoms with Gasteiger partial charge in [-0.1, -0.05) is 5.16 Å². The highest BCUT2D eigenvalue weighted by atomic mass is 32.2. The predicted molar refractivity (Wildman–Crippen MR) is 110 cm³/mol. The van der Waals surface area contributed by atoms with Crippen LogP contribution in [-0.4, -0.2) is 92.1 Å². The van der Waals surface area contributed by atoms with Crippen LogP contribution in [0.15, 0.2) is 22.3 Å². The molecule has 2 aliphatic rings. The van der Waals surface area contributed by atoms with Crippen LogP contribution in [0.4, 0.5) is 9.93 Å². The van der Waals surface area contributed by atoms with Crippen molar-refractivity contribution in [2.45, 2.75) is 10.9 Å². The Morgan fingerprint density at radius 2 is 2.19 bits per heavy atom. The largest absolute Gasteiger partial charge is 0.479 e. The van der Waals surface area contributed by atoms with Gasteiger partial charge in [0.25, 0.3) is 11.8 Å². The standard InChI is InChI=1S/C16H18N6O7S2/c1-21(2)15(27)29-4-7-3-22-11(24)16(13(25)26,12(22)30-5-7)19-10(23)9(20-28)8-6-31-14(17)18-8/h3,6,12,28H,4-5H2,1-2H3,(H2,17,18)(H,19,23)(H,25,26)/b20-9-/t12-,16?/m0/s1. The molecule has 0 saturated carbocycles. The second-order valence-corrected chi connectivity index (χ2v) is 8.66. The number of anilines is 1. The minimum absolute atomic E-state index is 0.0622. The molecule has 3 amide bonds. The zero-order valence-electron chi connectivity index (χ0n) is 16.3. The fraction of sp³-hybridized carbons (Fsp3) is 0.375. The Labute approximate surface area is 183 Å². The normalized spacial score (nSPS) is 22.7. The number of carboxylic acids is 1. The van der Waals surface area contributed by atoms with E-state index in [0.717, 1.165) is 28.0 Å². The molecule has 2 atom stereocenters. The Kier molecular flexibility index (Phi) is 6.08. The molecule has 5 N–H and O–H groups in total. The second kappa shape index (κ2) is 8.43. The third-order valence-corrected chi connectivity index (χ3v) is 6.52. The SMILES string of the molecule is CN(C)C(=O)OCC1=CN2C(=O)C(NC(=O)/C(=N\O)c3csc(N)n3)(C(=O)O)[C@@H]2SC1. The maximum absolute atomic E-state index is 12.8. The van der Waals surface area contributed by atoms with Crippen molar-refractivity contribution in [3.8, 4) is 0 Å². The van der Waals surface area contributed by atoms with E-state index >= 15 is 0 Å². The Morgan fingerprint density at radius 1 is 1.48 bits per heavy atom. The molecule has 13 nitrogen and oxygen atoms in total. The topological polar surface area (TPSA) is 188 Å². The monoisotopic (exact) mass is 470 g/mol. The number of carboxylic acid groups (broad SMARTS) is 1. The number of nitrogen functional groups attached to an aromatic ring is 1. The van der Waals surface area contributed by atoms with Crippen LogP contribution in [0.25, 0.3) is 0 Å². The Balaban J connectivity index is 1.77. The van der Waals surface area contributed by atoms with E-state index in [2.05, 4.69) is 15.5 Å². The first-order valence-electron chi connectivity index (χ1n) is 8.59. The van der Waals surface area contributed by atoms with Crippen molar-refractivity contribution < 1.29 is 34.2 Å². The number of nitrogens with zero attached hydrogens (tertiary/aromatic N) is 4. The maximum atomic E-state index is 12.8. The van der Waals surface area contributed by atoms with Crippen molar-refractivity contribution in [1.29, 1.82) is 0 Å². The number of hydrogen-bond donors (Lipinski definition) is 4. The molecule has 0 aromatic carbocycles. The molecule has 0 aliphatic carbocycles. The average Bonchev–Trinajstić information content (AvgIpc) is 3.15. The number of nitrogens with two attached hydrogens (primary N) is 1. The summed E-state index contributed by atoms with van der Waals surface area (Å²) in [7, 11) is 3.05. The maximum Gasteiger partial charge on any atom is 0.409 e. The molecule has 2 aliphatic heterocycles. The predicted octanol–water partition coefficient (Wildman–Crippen LogP) is -0.660. The summed E-state index contributed by atoms with van der Waals surface area (Å²) in [6.07, 6.45) is 0.843. The number of β-lactam (4-membered cyclic amide) rings is 1. The van der Waals surface area contributed by atoms with Crippen LogP contribution in [0.2, 0.25) is 0 Å².